The highest BCUT2D eigenvalue weighted by Crippen LogP contribution is 2.38. The number of amidine groups is 1. The highest BCUT2D eigenvalue weighted by atomic mass is 19.4. The van der Waals surface area contributed by atoms with Crippen molar-refractivity contribution in [3.63, 3.8) is 0 Å². The Bertz CT molecular complexity index is 1190. The lowest BCUT2D eigenvalue weighted by atomic mass is 9.94. The van der Waals surface area contributed by atoms with Gasteiger partial charge in [-0.2, -0.15) is 26.3 Å². The van der Waals surface area contributed by atoms with Gasteiger partial charge in [-0.25, -0.2) is 4.99 Å². The molecule has 1 aliphatic heterocycles. The van der Waals surface area contributed by atoms with Gasteiger partial charge in [0.15, 0.2) is 11.5 Å². The Morgan fingerprint density at radius 2 is 1.41 bits per heavy atom. The molecule has 3 aromatic carbocycles. The van der Waals surface area contributed by atoms with Crippen LogP contribution < -0.4 is 16.4 Å². The van der Waals surface area contributed by atoms with E-state index in [2.05, 4.69) is 15.6 Å². The number of aliphatic imine (C=N–C) groups is 1. The number of hydrogen-bond acceptors (Lipinski definition) is 4. The van der Waals surface area contributed by atoms with Crippen molar-refractivity contribution in [2.24, 2.45) is 10.7 Å². The predicted molar refractivity (Wildman–Crippen MR) is 110 cm³/mol. The Balaban J connectivity index is 1.82. The summed E-state index contributed by atoms with van der Waals surface area (Å²) in [7, 11) is 0. The first-order chi connectivity index (χ1) is 15.0. The first kappa shape index (κ1) is 21.7. The van der Waals surface area contributed by atoms with Crippen LogP contribution in [-0.2, 0) is 18.0 Å². The third-order valence-electron chi connectivity index (χ3n) is 4.94. The van der Waals surface area contributed by atoms with Crippen molar-refractivity contribution in [3.05, 3.63) is 89.5 Å². The fourth-order valence-corrected chi connectivity index (χ4v) is 3.34. The molecule has 166 valence electrons. The molecule has 0 radical (unpaired) electrons. The zero-order valence-electron chi connectivity index (χ0n) is 16.2. The van der Waals surface area contributed by atoms with E-state index in [1.54, 1.807) is 24.3 Å². The maximum absolute atomic E-state index is 13.3. The summed E-state index contributed by atoms with van der Waals surface area (Å²) in [5.41, 5.74) is 3.89. The first-order valence-electron chi connectivity index (χ1n) is 9.34. The zero-order chi connectivity index (χ0) is 23.1. The van der Waals surface area contributed by atoms with Gasteiger partial charge in [0.2, 0.25) is 0 Å². The van der Waals surface area contributed by atoms with Gasteiger partial charge < -0.3 is 10.6 Å². The van der Waals surface area contributed by atoms with Crippen LogP contribution >= 0.6 is 0 Å². The standard InChI is InChI=1S/C22H16F6N4/c23-21(24,25)14-6-3-5-13(11-14)20(29)19(31-17-9-1-2-10-18(17)32-20)30-16-8-4-7-15(12-16)22(26,27)28/h1-12,32H,29H2,(H,30,31). The summed E-state index contributed by atoms with van der Waals surface area (Å²) in [6.45, 7) is 0. The van der Waals surface area contributed by atoms with Gasteiger partial charge in [-0.15, -0.1) is 0 Å². The van der Waals surface area contributed by atoms with Gasteiger partial charge >= 0.3 is 12.4 Å². The van der Waals surface area contributed by atoms with E-state index in [0.29, 0.717) is 11.4 Å². The Kier molecular flexibility index (Phi) is 5.12. The van der Waals surface area contributed by atoms with E-state index in [1.807, 2.05) is 0 Å². The molecule has 4 rings (SSSR count). The molecule has 3 aromatic rings. The molecule has 1 atom stereocenters. The molecule has 1 aliphatic rings. The maximum atomic E-state index is 13.3. The van der Waals surface area contributed by atoms with Crippen molar-refractivity contribution in [3.8, 4) is 0 Å². The monoisotopic (exact) mass is 450 g/mol. The molecule has 0 aliphatic carbocycles. The first-order valence-corrected chi connectivity index (χ1v) is 9.34. The summed E-state index contributed by atoms with van der Waals surface area (Å²) >= 11 is 0. The van der Waals surface area contributed by atoms with E-state index in [9.17, 15) is 26.3 Å². The lowest BCUT2D eigenvalue weighted by Gasteiger charge is -2.37. The number of nitrogens with one attached hydrogen (secondary N) is 2. The van der Waals surface area contributed by atoms with Gasteiger partial charge in [0.1, 0.15) is 0 Å². The molecule has 4 N–H and O–H groups in total. The summed E-state index contributed by atoms with van der Waals surface area (Å²) in [4.78, 5) is 4.41. The van der Waals surface area contributed by atoms with Gasteiger partial charge in [-0.3, -0.25) is 5.73 Å². The summed E-state index contributed by atoms with van der Waals surface area (Å²) in [6.07, 6.45) is -9.18. The number of anilines is 2. The molecule has 4 nitrogen and oxygen atoms in total. The topological polar surface area (TPSA) is 62.4 Å². The van der Waals surface area contributed by atoms with E-state index in [0.717, 1.165) is 24.3 Å². The van der Waals surface area contributed by atoms with E-state index >= 15 is 0 Å². The lowest BCUT2D eigenvalue weighted by Crippen LogP contribution is -2.55. The van der Waals surface area contributed by atoms with Crippen molar-refractivity contribution in [2.45, 2.75) is 18.0 Å². The van der Waals surface area contributed by atoms with Crippen LogP contribution in [-0.4, -0.2) is 5.84 Å². The highest BCUT2D eigenvalue weighted by Gasteiger charge is 2.40. The van der Waals surface area contributed by atoms with Gasteiger partial charge in [-0.05, 0) is 42.5 Å². The molecule has 0 spiro atoms. The normalized spacial score (nSPS) is 18.4. The maximum Gasteiger partial charge on any atom is 0.416 e. The molecule has 32 heavy (non-hydrogen) atoms. The molecule has 1 unspecified atom stereocenters. The Morgan fingerprint density at radius 3 is 2.09 bits per heavy atom. The molecule has 1 heterocycles. The molecule has 0 saturated carbocycles. The Morgan fingerprint density at radius 1 is 0.781 bits per heavy atom. The van der Waals surface area contributed by atoms with Crippen molar-refractivity contribution in [1.29, 1.82) is 0 Å². The smallest absolute Gasteiger partial charge is 0.356 e. The third-order valence-corrected chi connectivity index (χ3v) is 4.94. The largest absolute Gasteiger partial charge is 0.416 e. The Hall–Kier alpha value is -3.53. The number of nitrogens with zero attached hydrogens (tertiary/aromatic N) is 1. The molecule has 0 aromatic heterocycles. The van der Waals surface area contributed by atoms with Gasteiger partial charge in [0.05, 0.1) is 22.5 Å². The van der Waals surface area contributed by atoms with Crippen LogP contribution in [0.1, 0.15) is 16.7 Å². The average molecular weight is 450 g/mol. The van der Waals surface area contributed by atoms with E-state index in [-0.39, 0.29) is 17.1 Å². The van der Waals surface area contributed by atoms with Crippen molar-refractivity contribution in [1.82, 2.24) is 0 Å². The van der Waals surface area contributed by atoms with E-state index < -0.39 is 29.1 Å². The second kappa shape index (κ2) is 7.56. The molecule has 0 fully saturated rings. The summed E-state index contributed by atoms with van der Waals surface area (Å²) in [5.74, 6) is -0.0603. The molecule has 0 amide bonds. The fourth-order valence-electron chi connectivity index (χ4n) is 3.34. The van der Waals surface area contributed by atoms with Crippen molar-refractivity contribution in [2.75, 3.05) is 10.6 Å². The molecular formula is C22H16F6N4. The molecule has 0 bridgehead atoms. The SMILES string of the molecule is NC1(c2cccc(C(F)(F)F)c2)Nc2ccccc2N=C1Nc1cccc(C(F)(F)F)c1. The van der Waals surface area contributed by atoms with Gasteiger partial charge in [0, 0.05) is 11.3 Å². The van der Waals surface area contributed by atoms with E-state index in [1.165, 1.54) is 24.3 Å². The number of fused-ring (bicyclic) bond motifs is 1. The lowest BCUT2D eigenvalue weighted by molar-refractivity contribution is -0.138. The van der Waals surface area contributed by atoms with Crippen LogP contribution in [0, 0.1) is 0 Å². The number of hydrogen-bond donors (Lipinski definition) is 3. The summed E-state index contributed by atoms with van der Waals surface area (Å²) < 4.78 is 79.2. The average Bonchev–Trinajstić information content (AvgIpc) is 2.73. The minimum absolute atomic E-state index is 0.0278. The van der Waals surface area contributed by atoms with Crippen LogP contribution in [0.2, 0.25) is 0 Å². The number of rotatable bonds is 2. The van der Waals surface area contributed by atoms with Crippen molar-refractivity contribution < 1.29 is 26.3 Å². The number of nitrogens with two attached hydrogens (primary N) is 1. The van der Waals surface area contributed by atoms with Crippen LogP contribution in [0.5, 0.6) is 0 Å². The molecule has 0 saturated heterocycles. The minimum Gasteiger partial charge on any atom is -0.356 e. The van der Waals surface area contributed by atoms with Crippen LogP contribution in [0.4, 0.5) is 43.4 Å². The molecule has 10 heteroatoms. The molecular weight excluding hydrogens is 434 g/mol. The van der Waals surface area contributed by atoms with E-state index in [4.69, 9.17) is 5.73 Å². The van der Waals surface area contributed by atoms with Gasteiger partial charge in [0.25, 0.3) is 0 Å². The fraction of sp³-hybridized carbons (Fsp3) is 0.136. The van der Waals surface area contributed by atoms with Crippen LogP contribution in [0.25, 0.3) is 0 Å². The predicted octanol–water partition coefficient (Wildman–Crippen LogP) is 6.10. The minimum atomic E-state index is -4.61. The zero-order valence-corrected chi connectivity index (χ0v) is 16.2. The second-order valence-corrected chi connectivity index (χ2v) is 7.19. The number of halogens is 6. The summed E-state index contributed by atoms with van der Waals surface area (Å²) in [6, 6.07) is 15.4. The third kappa shape index (κ3) is 4.13. The Labute approximate surface area is 178 Å². The van der Waals surface area contributed by atoms with Crippen LogP contribution in [0.15, 0.2) is 77.8 Å². The number of para-hydroxylation sites is 2. The summed E-state index contributed by atoms with van der Waals surface area (Å²) in [5, 5.41) is 5.74. The number of benzene rings is 3. The highest BCUT2D eigenvalue weighted by molar-refractivity contribution is 6.08. The van der Waals surface area contributed by atoms with Crippen LogP contribution in [0.3, 0.4) is 0 Å². The van der Waals surface area contributed by atoms with Crippen molar-refractivity contribution >= 4 is 22.9 Å². The van der Waals surface area contributed by atoms with Gasteiger partial charge in [-0.1, -0.05) is 30.3 Å². The quantitative estimate of drug-likeness (QED) is 0.413. The number of alkyl halides is 6. The second-order valence-electron chi connectivity index (χ2n) is 7.19.